The van der Waals surface area contributed by atoms with Crippen LogP contribution in [0.3, 0.4) is 0 Å². The zero-order chi connectivity index (χ0) is 16.2. The van der Waals surface area contributed by atoms with Crippen LogP contribution in [0.1, 0.15) is 45.7 Å². The lowest BCUT2D eigenvalue weighted by Gasteiger charge is -2.33. The van der Waals surface area contributed by atoms with Crippen LogP contribution in [0.25, 0.3) is 0 Å². The highest BCUT2D eigenvalue weighted by Crippen LogP contribution is 2.23. The third-order valence-corrected chi connectivity index (χ3v) is 4.33. The molecule has 0 aliphatic carbocycles. The van der Waals surface area contributed by atoms with E-state index in [1.54, 1.807) is 0 Å². The molecule has 1 aromatic heterocycles. The first-order valence-corrected chi connectivity index (χ1v) is 8.71. The number of rotatable bonds is 3. The lowest BCUT2D eigenvalue weighted by atomic mass is 9.91. The number of halogens is 1. The summed E-state index contributed by atoms with van der Waals surface area (Å²) in [4.78, 5) is 18.3. The van der Waals surface area contributed by atoms with Crippen LogP contribution in [0.15, 0.2) is 22.8 Å². The molecule has 0 bridgehead atoms. The molecule has 0 radical (unpaired) electrons. The molecule has 0 spiro atoms. The number of piperidine rings is 1. The first-order valence-electron chi connectivity index (χ1n) is 7.92. The summed E-state index contributed by atoms with van der Waals surface area (Å²) in [6, 6.07) is 4.10. The van der Waals surface area contributed by atoms with Gasteiger partial charge in [0.2, 0.25) is 0 Å². The number of hydrogen-bond donors (Lipinski definition) is 0. The minimum Gasteiger partial charge on any atom is -0.444 e. The van der Waals surface area contributed by atoms with Crippen molar-refractivity contribution in [3.05, 3.63) is 28.5 Å². The fraction of sp³-hybridized carbons (Fsp3) is 0.647. The van der Waals surface area contributed by atoms with E-state index in [-0.39, 0.29) is 6.09 Å². The Morgan fingerprint density at radius 2 is 2.05 bits per heavy atom. The van der Waals surface area contributed by atoms with Crippen molar-refractivity contribution < 1.29 is 9.53 Å². The molecule has 1 saturated heterocycles. The van der Waals surface area contributed by atoms with Crippen LogP contribution in [0.4, 0.5) is 4.79 Å². The Bertz CT molecular complexity index is 488. The van der Waals surface area contributed by atoms with Crippen LogP contribution < -0.4 is 0 Å². The van der Waals surface area contributed by atoms with Gasteiger partial charge in [0.1, 0.15) is 5.60 Å². The average Bonchev–Trinajstić information content (AvgIpc) is 2.45. The van der Waals surface area contributed by atoms with Gasteiger partial charge in [0.15, 0.2) is 0 Å². The lowest BCUT2D eigenvalue weighted by molar-refractivity contribution is 0.0181. The Morgan fingerprint density at radius 3 is 2.59 bits per heavy atom. The number of nitrogens with zero attached hydrogens (tertiary/aromatic N) is 2. The van der Waals surface area contributed by atoms with Gasteiger partial charge in [-0.3, -0.25) is 4.98 Å². The summed E-state index contributed by atoms with van der Waals surface area (Å²) in [5.41, 5.74) is 0.721. The molecule has 2 rings (SSSR count). The number of ether oxygens (including phenoxy) is 1. The third-order valence-electron chi connectivity index (χ3n) is 3.86. The highest BCUT2D eigenvalue weighted by Gasteiger charge is 2.26. The molecule has 1 aliphatic rings. The van der Waals surface area contributed by atoms with Crippen molar-refractivity contribution in [3.8, 4) is 0 Å². The molecule has 22 heavy (non-hydrogen) atoms. The lowest BCUT2D eigenvalue weighted by Crippen LogP contribution is -2.41. The quantitative estimate of drug-likeness (QED) is 0.792. The van der Waals surface area contributed by atoms with E-state index in [2.05, 4.69) is 27.0 Å². The first-order chi connectivity index (χ1) is 10.3. The summed E-state index contributed by atoms with van der Waals surface area (Å²) < 4.78 is 6.44. The van der Waals surface area contributed by atoms with Crippen molar-refractivity contribution in [1.29, 1.82) is 0 Å². The van der Waals surface area contributed by atoms with E-state index in [1.165, 1.54) is 0 Å². The van der Waals surface area contributed by atoms with E-state index in [0.29, 0.717) is 5.92 Å². The molecule has 1 amide bonds. The highest BCUT2D eigenvalue weighted by atomic mass is 79.9. The Hall–Kier alpha value is -1.10. The summed E-state index contributed by atoms with van der Waals surface area (Å²) in [7, 11) is 0. The van der Waals surface area contributed by atoms with Crippen molar-refractivity contribution in [1.82, 2.24) is 9.88 Å². The molecule has 1 aliphatic heterocycles. The number of aromatic nitrogens is 1. The monoisotopic (exact) mass is 368 g/mol. The Labute approximate surface area is 141 Å². The zero-order valence-corrected chi connectivity index (χ0v) is 15.2. The van der Waals surface area contributed by atoms with Crippen LogP contribution >= 0.6 is 15.9 Å². The van der Waals surface area contributed by atoms with Gasteiger partial charge in [0.05, 0.1) is 0 Å². The molecule has 0 atom stereocenters. The van der Waals surface area contributed by atoms with Crippen molar-refractivity contribution >= 4 is 22.0 Å². The molecule has 122 valence electrons. The summed E-state index contributed by atoms with van der Waals surface area (Å²) >= 11 is 3.40. The standard InChI is InChI=1S/C17H25BrN2O2/c1-17(2,3)22-16(21)20-10-8-13(9-11-20)4-6-15-7-5-14(18)12-19-15/h5,7,12-13H,4,6,8-11H2,1-3H3. The van der Waals surface area contributed by atoms with Crippen molar-refractivity contribution in [2.45, 2.75) is 52.1 Å². The molecule has 4 nitrogen and oxygen atoms in total. The van der Waals surface area contributed by atoms with E-state index < -0.39 is 5.60 Å². The summed E-state index contributed by atoms with van der Waals surface area (Å²) in [6.45, 7) is 7.31. The summed E-state index contributed by atoms with van der Waals surface area (Å²) in [6.07, 6.45) is 5.91. The van der Waals surface area contributed by atoms with Gasteiger partial charge < -0.3 is 9.64 Å². The topological polar surface area (TPSA) is 42.4 Å². The van der Waals surface area contributed by atoms with Gasteiger partial charge in [-0.15, -0.1) is 0 Å². The normalized spacial score (nSPS) is 16.6. The van der Waals surface area contributed by atoms with E-state index >= 15 is 0 Å². The van der Waals surface area contributed by atoms with Gasteiger partial charge >= 0.3 is 6.09 Å². The number of hydrogen-bond acceptors (Lipinski definition) is 3. The second-order valence-corrected chi connectivity index (χ2v) is 7.83. The maximum absolute atomic E-state index is 12.0. The van der Waals surface area contributed by atoms with Gasteiger partial charge in [-0.1, -0.05) is 0 Å². The van der Waals surface area contributed by atoms with Crippen LogP contribution in [0.2, 0.25) is 0 Å². The Morgan fingerprint density at radius 1 is 1.36 bits per heavy atom. The van der Waals surface area contributed by atoms with Gasteiger partial charge in [0, 0.05) is 29.5 Å². The maximum Gasteiger partial charge on any atom is 0.410 e. The van der Waals surface area contributed by atoms with Gasteiger partial charge in [0.25, 0.3) is 0 Å². The largest absolute Gasteiger partial charge is 0.444 e. The third kappa shape index (κ3) is 5.59. The predicted octanol–water partition coefficient (Wildman–Crippen LogP) is 4.42. The van der Waals surface area contributed by atoms with Gasteiger partial charge in [-0.25, -0.2) is 4.79 Å². The average molecular weight is 369 g/mol. The summed E-state index contributed by atoms with van der Waals surface area (Å²) in [5.74, 6) is 0.670. The van der Waals surface area contributed by atoms with Crippen LogP contribution in [-0.4, -0.2) is 34.7 Å². The number of carbonyl (C=O) groups excluding carboxylic acids is 1. The summed E-state index contributed by atoms with van der Waals surface area (Å²) in [5, 5.41) is 0. The number of aryl methyl sites for hydroxylation is 1. The van der Waals surface area contributed by atoms with Crippen LogP contribution in [-0.2, 0) is 11.2 Å². The number of amides is 1. The molecule has 0 unspecified atom stereocenters. The number of pyridine rings is 1. The van der Waals surface area contributed by atoms with Crippen molar-refractivity contribution in [2.75, 3.05) is 13.1 Å². The Kier molecular flexibility index (Phi) is 5.84. The smallest absolute Gasteiger partial charge is 0.410 e. The van der Waals surface area contributed by atoms with E-state index in [1.807, 2.05) is 37.9 Å². The van der Waals surface area contributed by atoms with Crippen molar-refractivity contribution in [2.24, 2.45) is 5.92 Å². The second kappa shape index (κ2) is 7.44. The molecular formula is C17H25BrN2O2. The number of carbonyl (C=O) groups is 1. The molecule has 5 heteroatoms. The molecule has 2 heterocycles. The van der Waals surface area contributed by atoms with Crippen molar-refractivity contribution in [3.63, 3.8) is 0 Å². The molecule has 1 aromatic rings. The van der Waals surface area contributed by atoms with Gasteiger partial charge in [-0.05, 0) is 80.4 Å². The van der Waals surface area contributed by atoms with Crippen LogP contribution in [0.5, 0.6) is 0 Å². The first kappa shape index (κ1) is 17.3. The second-order valence-electron chi connectivity index (χ2n) is 6.92. The fourth-order valence-electron chi connectivity index (χ4n) is 2.64. The van der Waals surface area contributed by atoms with E-state index in [0.717, 1.165) is 48.9 Å². The molecule has 1 fully saturated rings. The Balaban J connectivity index is 1.73. The van der Waals surface area contributed by atoms with E-state index in [4.69, 9.17) is 4.74 Å². The molecule has 0 aromatic carbocycles. The van der Waals surface area contributed by atoms with Gasteiger partial charge in [-0.2, -0.15) is 0 Å². The highest BCUT2D eigenvalue weighted by molar-refractivity contribution is 9.10. The SMILES string of the molecule is CC(C)(C)OC(=O)N1CCC(CCc2ccc(Br)cn2)CC1. The fourth-order valence-corrected chi connectivity index (χ4v) is 2.87. The zero-order valence-electron chi connectivity index (χ0n) is 13.6. The van der Waals surface area contributed by atoms with Crippen LogP contribution in [0, 0.1) is 5.92 Å². The van der Waals surface area contributed by atoms with E-state index in [9.17, 15) is 4.79 Å². The molecule has 0 N–H and O–H groups in total. The predicted molar refractivity (Wildman–Crippen MR) is 90.8 cm³/mol. The maximum atomic E-state index is 12.0. The molecular weight excluding hydrogens is 344 g/mol. The minimum atomic E-state index is -0.415. The molecule has 0 saturated carbocycles. The number of likely N-dealkylation sites (tertiary alicyclic amines) is 1. The minimum absolute atomic E-state index is 0.180.